The van der Waals surface area contributed by atoms with Crippen molar-refractivity contribution in [2.24, 2.45) is 0 Å². The fourth-order valence-electron chi connectivity index (χ4n) is 7.63. The molecule has 0 aliphatic heterocycles. The second-order valence-corrected chi connectivity index (χ2v) is 18.5. The van der Waals surface area contributed by atoms with Gasteiger partial charge in [-0.3, -0.25) is 14.4 Å². The number of ether oxygens (including phenoxy) is 3. The van der Waals surface area contributed by atoms with E-state index in [1.165, 1.54) is 122 Å². The smallest absolute Gasteiger partial charge is 0.306 e. The molecule has 0 aliphatic rings. The van der Waals surface area contributed by atoms with Gasteiger partial charge in [-0.2, -0.15) is 0 Å². The van der Waals surface area contributed by atoms with Gasteiger partial charge >= 0.3 is 17.9 Å². The van der Waals surface area contributed by atoms with Crippen molar-refractivity contribution in [2.75, 3.05) is 13.2 Å². The van der Waals surface area contributed by atoms with Gasteiger partial charge in [0.25, 0.3) is 0 Å². The molecule has 0 aromatic rings. The fourth-order valence-corrected chi connectivity index (χ4v) is 7.63. The van der Waals surface area contributed by atoms with Gasteiger partial charge in [0, 0.05) is 19.3 Å². The van der Waals surface area contributed by atoms with Gasteiger partial charge in [0.15, 0.2) is 6.10 Å². The van der Waals surface area contributed by atoms with Gasteiger partial charge in [-0.1, -0.05) is 215 Å². The zero-order valence-electron chi connectivity index (χ0n) is 43.9. The van der Waals surface area contributed by atoms with Crippen molar-refractivity contribution in [3.63, 3.8) is 0 Å². The van der Waals surface area contributed by atoms with E-state index < -0.39 is 6.10 Å². The van der Waals surface area contributed by atoms with Gasteiger partial charge in [-0.05, 0) is 116 Å². The van der Waals surface area contributed by atoms with Gasteiger partial charge < -0.3 is 14.2 Å². The van der Waals surface area contributed by atoms with Crippen LogP contribution in [-0.4, -0.2) is 37.2 Å². The van der Waals surface area contributed by atoms with Crippen LogP contribution in [0.15, 0.2) is 85.1 Å². The molecular formula is C61H104O6. The first kappa shape index (κ1) is 63.6. The number of allylic oxidation sites excluding steroid dienone is 14. The zero-order valence-corrected chi connectivity index (χ0v) is 43.9. The molecule has 0 heterocycles. The fraction of sp³-hybridized carbons (Fsp3) is 0.721. The average Bonchev–Trinajstić information content (AvgIpc) is 3.33. The third-order valence-electron chi connectivity index (χ3n) is 11.9. The molecule has 0 rings (SSSR count). The molecule has 0 saturated carbocycles. The minimum atomic E-state index is -0.796. The van der Waals surface area contributed by atoms with Crippen molar-refractivity contribution in [3.05, 3.63) is 85.1 Å². The largest absolute Gasteiger partial charge is 0.462 e. The van der Waals surface area contributed by atoms with E-state index in [-0.39, 0.29) is 31.1 Å². The second kappa shape index (κ2) is 55.2. The first-order valence-corrected chi connectivity index (χ1v) is 28.1. The minimum absolute atomic E-state index is 0.0932. The van der Waals surface area contributed by atoms with Crippen LogP contribution in [0, 0.1) is 0 Å². The Hall–Kier alpha value is -3.41. The summed E-state index contributed by atoms with van der Waals surface area (Å²) >= 11 is 0. The van der Waals surface area contributed by atoms with E-state index in [0.29, 0.717) is 19.3 Å². The molecule has 0 N–H and O–H groups in total. The molecular weight excluding hydrogens is 829 g/mol. The molecule has 67 heavy (non-hydrogen) atoms. The molecule has 0 aromatic carbocycles. The third-order valence-corrected chi connectivity index (χ3v) is 11.9. The monoisotopic (exact) mass is 933 g/mol. The SMILES string of the molecule is CC/C=C\C/C=C\C/C=C\C/C=C\C/C=C\CCCCCC(=O)OCC(COC(=O)CCCCCCC/C=C\CCCCC)OC(=O)CCCCCCCCC/C=C\CCCCCCCCC. The van der Waals surface area contributed by atoms with E-state index in [9.17, 15) is 14.4 Å². The summed E-state index contributed by atoms with van der Waals surface area (Å²) in [6.07, 6.45) is 71.4. The molecule has 0 radical (unpaired) electrons. The molecule has 0 aliphatic carbocycles. The van der Waals surface area contributed by atoms with Crippen molar-refractivity contribution < 1.29 is 28.6 Å². The van der Waals surface area contributed by atoms with Crippen LogP contribution in [-0.2, 0) is 28.6 Å². The Bertz CT molecular complexity index is 1300. The highest BCUT2D eigenvalue weighted by molar-refractivity contribution is 5.71. The topological polar surface area (TPSA) is 78.9 Å². The lowest BCUT2D eigenvalue weighted by molar-refractivity contribution is -0.167. The Morgan fingerprint density at radius 2 is 0.582 bits per heavy atom. The molecule has 0 aromatic heterocycles. The number of rotatable bonds is 50. The quantitative estimate of drug-likeness (QED) is 0.0262. The molecule has 0 bridgehead atoms. The number of esters is 3. The molecule has 0 saturated heterocycles. The van der Waals surface area contributed by atoms with Crippen molar-refractivity contribution in [1.82, 2.24) is 0 Å². The molecule has 0 spiro atoms. The summed E-state index contributed by atoms with van der Waals surface area (Å²) < 4.78 is 16.8. The van der Waals surface area contributed by atoms with Gasteiger partial charge in [0.1, 0.15) is 13.2 Å². The highest BCUT2D eigenvalue weighted by Gasteiger charge is 2.19. The lowest BCUT2D eigenvalue weighted by Gasteiger charge is -2.18. The van der Waals surface area contributed by atoms with Crippen LogP contribution in [0.2, 0.25) is 0 Å². The van der Waals surface area contributed by atoms with Crippen LogP contribution in [0.3, 0.4) is 0 Å². The number of hydrogen-bond donors (Lipinski definition) is 0. The van der Waals surface area contributed by atoms with Crippen molar-refractivity contribution in [2.45, 2.75) is 271 Å². The molecule has 1 unspecified atom stereocenters. The van der Waals surface area contributed by atoms with Crippen LogP contribution >= 0.6 is 0 Å². The van der Waals surface area contributed by atoms with Crippen LogP contribution in [0.5, 0.6) is 0 Å². The van der Waals surface area contributed by atoms with Gasteiger partial charge in [-0.25, -0.2) is 0 Å². The Labute approximate surface area is 414 Å². The maximum absolute atomic E-state index is 12.8. The molecule has 6 nitrogen and oxygen atoms in total. The van der Waals surface area contributed by atoms with E-state index >= 15 is 0 Å². The van der Waals surface area contributed by atoms with Crippen molar-refractivity contribution in [1.29, 1.82) is 0 Å². The van der Waals surface area contributed by atoms with Crippen LogP contribution < -0.4 is 0 Å². The summed E-state index contributed by atoms with van der Waals surface area (Å²) in [5.41, 5.74) is 0. The number of hydrogen-bond acceptors (Lipinski definition) is 6. The van der Waals surface area contributed by atoms with Crippen LogP contribution in [0.1, 0.15) is 265 Å². The molecule has 384 valence electrons. The van der Waals surface area contributed by atoms with E-state index in [1.807, 2.05) is 0 Å². The summed E-state index contributed by atoms with van der Waals surface area (Å²) in [7, 11) is 0. The van der Waals surface area contributed by atoms with Gasteiger partial charge in [0.2, 0.25) is 0 Å². The predicted octanol–water partition coefficient (Wildman–Crippen LogP) is 18.8. The highest BCUT2D eigenvalue weighted by atomic mass is 16.6. The third kappa shape index (κ3) is 53.4. The number of unbranched alkanes of at least 4 members (excludes halogenated alkanes) is 25. The normalized spacial score (nSPS) is 12.7. The van der Waals surface area contributed by atoms with E-state index in [2.05, 4.69) is 106 Å². The van der Waals surface area contributed by atoms with E-state index in [1.54, 1.807) is 0 Å². The van der Waals surface area contributed by atoms with Gasteiger partial charge in [-0.15, -0.1) is 0 Å². The van der Waals surface area contributed by atoms with E-state index in [4.69, 9.17) is 14.2 Å². The minimum Gasteiger partial charge on any atom is -0.462 e. The molecule has 1 atom stereocenters. The van der Waals surface area contributed by atoms with Crippen LogP contribution in [0.4, 0.5) is 0 Å². The maximum atomic E-state index is 12.8. The predicted molar refractivity (Wildman–Crippen MR) is 288 cm³/mol. The summed E-state index contributed by atoms with van der Waals surface area (Å²) in [5, 5.41) is 0. The van der Waals surface area contributed by atoms with E-state index in [0.717, 1.165) is 103 Å². The number of carbonyl (C=O) groups is 3. The molecule has 6 heteroatoms. The Balaban J connectivity index is 4.43. The first-order valence-electron chi connectivity index (χ1n) is 28.1. The Morgan fingerprint density at radius 1 is 0.313 bits per heavy atom. The van der Waals surface area contributed by atoms with Crippen molar-refractivity contribution >= 4 is 17.9 Å². The summed E-state index contributed by atoms with van der Waals surface area (Å²) in [5.74, 6) is -0.936. The summed E-state index contributed by atoms with van der Waals surface area (Å²) in [4.78, 5) is 38.1. The zero-order chi connectivity index (χ0) is 48.6. The molecule has 0 amide bonds. The second-order valence-electron chi connectivity index (χ2n) is 18.5. The average molecular weight is 933 g/mol. The maximum Gasteiger partial charge on any atom is 0.306 e. The Morgan fingerprint density at radius 3 is 0.970 bits per heavy atom. The lowest BCUT2D eigenvalue weighted by Crippen LogP contribution is -2.30. The highest BCUT2D eigenvalue weighted by Crippen LogP contribution is 2.14. The standard InChI is InChI=1S/C61H104O6/c1-4-7-10-13-16-19-22-25-27-29-31-33-34-36-39-42-45-48-51-54-60(63)66-57-58(56-65-59(62)53-50-47-44-41-38-24-21-18-15-12-9-6-3)67-61(64)55-52-49-46-43-40-37-35-32-30-28-26-23-20-17-14-11-8-5-2/h7,10,16,18-19,21,25,27-28,30-31,33,36,39,58H,4-6,8-9,11-15,17,20,22-24,26,29,32,34-35,37-38,40-57H2,1-3H3/b10-7-,19-16-,21-18-,27-25-,30-28-,33-31-,39-36-. The first-order chi connectivity index (χ1) is 33.0. The summed E-state index contributed by atoms with van der Waals surface area (Å²) in [6.45, 7) is 6.47. The lowest BCUT2D eigenvalue weighted by atomic mass is 10.1. The number of carbonyl (C=O) groups excluding carboxylic acids is 3. The van der Waals surface area contributed by atoms with Crippen molar-refractivity contribution in [3.8, 4) is 0 Å². The van der Waals surface area contributed by atoms with Gasteiger partial charge in [0.05, 0.1) is 0 Å². The summed E-state index contributed by atoms with van der Waals surface area (Å²) in [6, 6.07) is 0. The molecule has 0 fully saturated rings. The van der Waals surface area contributed by atoms with Crippen LogP contribution in [0.25, 0.3) is 0 Å². The Kier molecular flexibility index (Phi) is 52.4.